The molecule has 1 aromatic carbocycles. The van der Waals surface area contributed by atoms with Gasteiger partial charge in [0.1, 0.15) is 6.61 Å². The second-order valence-corrected chi connectivity index (χ2v) is 3.09. The third kappa shape index (κ3) is 3.90. The predicted octanol–water partition coefficient (Wildman–Crippen LogP) is 1.23. The van der Waals surface area contributed by atoms with Crippen molar-refractivity contribution in [2.45, 2.75) is 6.42 Å². The zero-order chi connectivity index (χ0) is 12.8. The Morgan fingerprint density at radius 2 is 2.12 bits per heavy atom. The summed E-state index contributed by atoms with van der Waals surface area (Å²) in [6, 6.07) is 5.03. The molecule has 0 aliphatic carbocycles. The fourth-order valence-electron chi connectivity index (χ4n) is 1.06. The van der Waals surface area contributed by atoms with Crippen molar-refractivity contribution in [2.24, 2.45) is 0 Å². The van der Waals surface area contributed by atoms with Crippen molar-refractivity contribution in [3.8, 4) is 0 Å². The van der Waals surface area contributed by atoms with Gasteiger partial charge in [-0.2, -0.15) is 0 Å². The Labute approximate surface area is 95.8 Å². The molecule has 7 nitrogen and oxygen atoms in total. The van der Waals surface area contributed by atoms with Crippen LogP contribution in [0.15, 0.2) is 24.3 Å². The smallest absolute Gasteiger partial charge is 0.338 e. The van der Waals surface area contributed by atoms with Gasteiger partial charge in [0.2, 0.25) is 0 Å². The van der Waals surface area contributed by atoms with Gasteiger partial charge in [0.15, 0.2) is 0 Å². The van der Waals surface area contributed by atoms with Gasteiger partial charge < -0.3 is 9.84 Å². The second-order valence-electron chi connectivity index (χ2n) is 3.09. The summed E-state index contributed by atoms with van der Waals surface area (Å²) in [5.74, 6) is -1.87. The summed E-state index contributed by atoms with van der Waals surface area (Å²) in [5, 5.41) is 18.8. The summed E-state index contributed by atoms with van der Waals surface area (Å²) < 4.78 is 4.63. The van der Waals surface area contributed by atoms with Crippen molar-refractivity contribution in [3.05, 3.63) is 39.9 Å². The van der Waals surface area contributed by atoms with E-state index in [1.165, 1.54) is 18.2 Å². The highest BCUT2D eigenvalue weighted by molar-refractivity contribution is 5.90. The molecule has 17 heavy (non-hydrogen) atoms. The van der Waals surface area contributed by atoms with Crippen LogP contribution in [0.3, 0.4) is 0 Å². The molecule has 0 aromatic heterocycles. The third-order valence-electron chi connectivity index (χ3n) is 1.84. The fraction of sp³-hybridized carbons (Fsp3) is 0.200. The number of carboxylic acid groups (broad SMARTS) is 1. The molecule has 1 rings (SSSR count). The maximum Gasteiger partial charge on any atom is 0.338 e. The van der Waals surface area contributed by atoms with Crippen molar-refractivity contribution in [3.63, 3.8) is 0 Å². The minimum Gasteiger partial charge on any atom is -0.481 e. The number of carbonyl (C=O) groups is 2. The first-order valence-electron chi connectivity index (χ1n) is 4.64. The summed E-state index contributed by atoms with van der Waals surface area (Å²) in [7, 11) is 0. The van der Waals surface area contributed by atoms with E-state index in [-0.39, 0.29) is 24.3 Å². The first kappa shape index (κ1) is 12.6. The molecule has 0 radical (unpaired) electrons. The SMILES string of the molecule is O=C(O)CCOC(=O)c1cccc([N+](=O)[O-])c1. The van der Waals surface area contributed by atoms with Gasteiger partial charge in [-0.15, -0.1) is 0 Å². The molecule has 0 fully saturated rings. The summed E-state index contributed by atoms with van der Waals surface area (Å²) in [6.07, 6.45) is -0.305. The highest BCUT2D eigenvalue weighted by Gasteiger charge is 2.12. The quantitative estimate of drug-likeness (QED) is 0.470. The number of nitrogens with zero attached hydrogens (tertiary/aromatic N) is 1. The van der Waals surface area contributed by atoms with Crippen LogP contribution in [0.2, 0.25) is 0 Å². The van der Waals surface area contributed by atoms with Crippen LogP contribution >= 0.6 is 0 Å². The standard InChI is InChI=1S/C10H9NO6/c12-9(13)4-5-17-10(14)7-2-1-3-8(6-7)11(15)16/h1-3,6H,4-5H2,(H,12,13). The number of rotatable bonds is 5. The number of non-ortho nitro benzene ring substituents is 1. The maximum atomic E-state index is 11.4. The summed E-state index contributed by atoms with van der Waals surface area (Å²) in [4.78, 5) is 31.4. The highest BCUT2D eigenvalue weighted by Crippen LogP contribution is 2.13. The van der Waals surface area contributed by atoms with Gasteiger partial charge >= 0.3 is 11.9 Å². The topological polar surface area (TPSA) is 107 Å². The molecule has 0 aliphatic rings. The van der Waals surface area contributed by atoms with Crippen LogP contribution in [0.5, 0.6) is 0 Å². The minimum absolute atomic E-state index is 0.0181. The van der Waals surface area contributed by atoms with E-state index in [0.717, 1.165) is 6.07 Å². The Kier molecular flexibility index (Phi) is 4.15. The summed E-state index contributed by atoms with van der Waals surface area (Å²) >= 11 is 0. The molecule has 90 valence electrons. The first-order valence-corrected chi connectivity index (χ1v) is 4.64. The molecule has 0 atom stereocenters. The molecule has 7 heteroatoms. The molecular formula is C10H9NO6. The van der Waals surface area contributed by atoms with Gasteiger partial charge in [0, 0.05) is 12.1 Å². The van der Waals surface area contributed by atoms with E-state index >= 15 is 0 Å². The molecular weight excluding hydrogens is 230 g/mol. The number of benzene rings is 1. The number of ether oxygens (including phenoxy) is 1. The Balaban J connectivity index is 2.65. The van der Waals surface area contributed by atoms with Gasteiger partial charge in [-0.25, -0.2) is 4.79 Å². The molecule has 0 saturated carbocycles. The molecule has 0 bridgehead atoms. The van der Waals surface area contributed by atoms with E-state index in [4.69, 9.17) is 5.11 Å². The fourth-order valence-corrected chi connectivity index (χ4v) is 1.06. The molecule has 0 unspecified atom stereocenters. The van der Waals surface area contributed by atoms with Crippen LogP contribution in [-0.4, -0.2) is 28.6 Å². The van der Waals surface area contributed by atoms with Gasteiger partial charge in [-0.1, -0.05) is 6.07 Å². The van der Waals surface area contributed by atoms with Crippen LogP contribution in [0.25, 0.3) is 0 Å². The Morgan fingerprint density at radius 3 is 2.71 bits per heavy atom. The first-order chi connectivity index (χ1) is 8.00. The number of esters is 1. The van der Waals surface area contributed by atoms with Crippen LogP contribution < -0.4 is 0 Å². The Bertz CT molecular complexity index is 456. The minimum atomic E-state index is -1.09. The average molecular weight is 239 g/mol. The van der Waals surface area contributed by atoms with Crippen molar-refractivity contribution in [1.82, 2.24) is 0 Å². The molecule has 0 heterocycles. The molecule has 1 N–H and O–H groups in total. The van der Waals surface area contributed by atoms with Crippen LogP contribution in [-0.2, 0) is 9.53 Å². The molecule has 1 aromatic rings. The van der Waals surface area contributed by atoms with Crippen molar-refractivity contribution in [2.75, 3.05) is 6.61 Å². The van der Waals surface area contributed by atoms with Crippen molar-refractivity contribution >= 4 is 17.6 Å². The van der Waals surface area contributed by atoms with Crippen molar-refractivity contribution in [1.29, 1.82) is 0 Å². The lowest BCUT2D eigenvalue weighted by Crippen LogP contribution is -2.09. The number of carbonyl (C=O) groups excluding carboxylic acids is 1. The number of aliphatic carboxylic acids is 1. The molecule has 0 saturated heterocycles. The van der Waals surface area contributed by atoms with Crippen LogP contribution in [0, 0.1) is 10.1 Å². The number of nitro groups is 1. The largest absolute Gasteiger partial charge is 0.481 e. The number of carboxylic acids is 1. The summed E-state index contributed by atoms with van der Waals surface area (Å²) in [5.41, 5.74) is -0.206. The van der Waals surface area contributed by atoms with Gasteiger partial charge in [-0.3, -0.25) is 14.9 Å². The van der Waals surface area contributed by atoms with E-state index in [1.54, 1.807) is 0 Å². The lowest BCUT2D eigenvalue weighted by molar-refractivity contribution is -0.384. The van der Waals surface area contributed by atoms with Gasteiger partial charge in [-0.05, 0) is 6.07 Å². The highest BCUT2D eigenvalue weighted by atomic mass is 16.6. The molecule has 0 spiro atoms. The number of hydrogen-bond acceptors (Lipinski definition) is 5. The van der Waals surface area contributed by atoms with E-state index in [0.29, 0.717) is 0 Å². The number of hydrogen-bond donors (Lipinski definition) is 1. The maximum absolute atomic E-state index is 11.4. The third-order valence-corrected chi connectivity index (χ3v) is 1.84. The van der Waals surface area contributed by atoms with Crippen LogP contribution in [0.4, 0.5) is 5.69 Å². The van der Waals surface area contributed by atoms with E-state index < -0.39 is 16.9 Å². The van der Waals surface area contributed by atoms with Crippen LogP contribution in [0.1, 0.15) is 16.8 Å². The second kappa shape index (κ2) is 5.59. The molecule has 0 aliphatic heterocycles. The summed E-state index contributed by atoms with van der Waals surface area (Å²) in [6.45, 7) is -0.267. The van der Waals surface area contributed by atoms with Gasteiger partial charge in [0.05, 0.1) is 16.9 Å². The zero-order valence-electron chi connectivity index (χ0n) is 8.66. The lowest BCUT2D eigenvalue weighted by atomic mass is 10.2. The van der Waals surface area contributed by atoms with E-state index in [2.05, 4.69) is 4.74 Å². The normalized spacial score (nSPS) is 9.65. The predicted molar refractivity (Wildman–Crippen MR) is 55.6 cm³/mol. The lowest BCUT2D eigenvalue weighted by Gasteiger charge is -2.02. The zero-order valence-corrected chi connectivity index (χ0v) is 8.66. The van der Waals surface area contributed by atoms with E-state index in [1.807, 2.05) is 0 Å². The van der Waals surface area contributed by atoms with E-state index in [9.17, 15) is 19.7 Å². The number of nitro benzene ring substituents is 1. The monoisotopic (exact) mass is 239 g/mol. The Hall–Kier alpha value is -2.44. The Morgan fingerprint density at radius 1 is 1.41 bits per heavy atom. The van der Waals surface area contributed by atoms with Crippen molar-refractivity contribution < 1.29 is 24.4 Å². The van der Waals surface area contributed by atoms with Gasteiger partial charge in [0.25, 0.3) is 5.69 Å². The molecule has 0 amide bonds. The average Bonchev–Trinajstić information content (AvgIpc) is 2.28.